The molecule has 0 aliphatic rings. The largest absolute Gasteiger partial charge is 0.573 e. The van der Waals surface area contributed by atoms with Crippen LogP contribution in [0.1, 0.15) is 30.7 Å². The van der Waals surface area contributed by atoms with Gasteiger partial charge in [0.1, 0.15) is 12.1 Å². The number of amides is 2. The van der Waals surface area contributed by atoms with E-state index in [0.29, 0.717) is 22.9 Å². The summed E-state index contributed by atoms with van der Waals surface area (Å²) in [4.78, 5) is 22.1. The van der Waals surface area contributed by atoms with E-state index in [1.807, 2.05) is 59.3 Å². The Balaban J connectivity index is 1.17. The van der Waals surface area contributed by atoms with Gasteiger partial charge in [0, 0.05) is 23.2 Å². The SMILES string of the molecule is CCc1ccccc1-n1c(C)cs/c1=N\C(=O)NCC(C)Cc1ccc(-c2ncn(-c3ccc(OC(F)(F)F)cc3)n2)cc1. The Labute approximate surface area is 256 Å². The van der Waals surface area contributed by atoms with Gasteiger partial charge >= 0.3 is 12.4 Å². The first kappa shape index (κ1) is 30.7. The van der Waals surface area contributed by atoms with Crippen molar-refractivity contribution in [2.45, 2.75) is 40.0 Å². The van der Waals surface area contributed by atoms with Crippen LogP contribution >= 0.6 is 11.3 Å². The fourth-order valence-electron chi connectivity index (χ4n) is 4.76. The lowest BCUT2D eigenvalue weighted by Gasteiger charge is -2.12. The van der Waals surface area contributed by atoms with Crippen LogP contribution in [0.4, 0.5) is 18.0 Å². The predicted molar refractivity (Wildman–Crippen MR) is 163 cm³/mol. The van der Waals surface area contributed by atoms with Crippen LogP contribution in [0.2, 0.25) is 0 Å². The molecule has 5 aromatic rings. The molecule has 2 aromatic heterocycles. The summed E-state index contributed by atoms with van der Waals surface area (Å²) in [7, 11) is 0. The highest BCUT2D eigenvalue weighted by Crippen LogP contribution is 2.24. The van der Waals surface area contributed by atoms with Gasteiger partial charge in [0.15, 0.2) is 10.6 Å². The second kappa shape index (κ2) is 13.3. The summed E-state index contributed by atoms with van der Waals surface area (Å²) in [6.07, 6.45) is -1.62. The Hall–Kier alpha value is -4.71. The molecule has 1 atom stereocenters. The molecule has 1 N–H and O–H groups in total. The number of aromatic nitrogens is 4. The molecular weight excluding hydrogens is 589 g/mol. The average Bonchev–Trinajstić information content (AvgIpc) is 3.63. The number of urea groups is 1. The van der Waals surface area contributed by atoms with E-state index in [2.05, 4.69) is 45.0 Å². The smallest absolute Gasteiger partial charge is 0.406 e. The molecule has 0 saturated heterocycles. The zero-order valence-electron chi connectivity index (χ0n) is 24.4. The van der Waals surface area contributed by atoms with E-state index in [1.165, 1.54) is 52.2 Å². The van der Waals surface area contributed by atoms with Crippen LogP contribution in [0.5, 0.6) is 5.75 Å². The number of para-hydroxylation sites is 1. The Morgan fingerprint density at radius 3 is 2.50 bits per heavy atom. The second-order valence-electron chi connectivity index (χ2n) is 10.3. The summed E-state index contributed by atoms with van der Waals surface area (Å²) >= 11 is 1.44. The minimum absolute atomic E-state index is 0.166. The second-order valence-corrected chi connectivity index (χ2v) is 11.2. The van der Waals surface area contributed by atoms with Gasteiger partial charge in [0.05, 0.1) is 11.4 Å². The third-order valence-corrected chi connectivity index (χ3v) is 7.86. The lowest BCUT2D eigenvalue weighted by molar-refractivity contribution is -0.274. The summed E-state index contributed by atoms with van der Waals surface area (Å²) in [5, 5.41) is 9.39. The van der Waals surface area contributed by atoms with Crippen LogP contribution in [-0.2, 0) is 12.8 Å². The molecule has 5 rings (SSSR count). The maximum Gasteiger partial charge on any atom is 0.573 e. The van der Waals surface area contributed by atoms with Gasteiger partial charge in [-0.3, -0.25) is 4.57 Å². The number of nitrogens with one attached hydrogen (secondary N) is 1. The van der Waals surface area contributed by atoms with Gasteiger partial charge in [-0.15, -0.1) is 29.6 Å². The molecule has 1 unspecified atom stereocenters. The number of thiazole rings is 1. The number of alkyl halides is 3. The first-order valence-electron chi connectivity index (χ1n) is 14.0. The van der Waals surface area contributed by atoms with Crippen LogP contribution in [0.3, 0.4) is 0 Å². The normalized spacial score (nSPS) is 12.7. The summed E-state index contributed by atoms with van der Waals surface area (Å²) < 4.78 is 44.6. The van der Waals surface area contributed by atoms with Gasteiger partial charge in [-0.25, -0.2) is 14.5 Å². The Bertz CT molecular complexity index is 1790. The van der Waals surface area contributed by atoms with Crippen LogP contribution in [0, 0.1) is 12.8 Å². The average molecular weight is 621 g/mol. The van der Waals surface area contributed by atoms with Gasteiger partial charge in [-0.2, -0.15) is 4.99 Å². The van der Waals surface area contributed by atoms with Crippen molar-refractivity contribution in [3.63, 3.8) is 0 Å². The van der Waals surface area contributed by atoms with Crippen molar-refractivity contribution in [1.29, 1.82) is 0 Å². The Kier molecular flexibility index (Phi) is 9.29. The molecule has 0 saturated carbocycles. The molecule has 8 nitrogen and oxygen atoms in total. The van der Waals surface area contributed by atoms with Crippen LogP contribution in [-0.4, -0.2) is 38.3 Å². The monoisotopic (exact) mass is 620 g/mol. The molecule has 44 heavy (non-hydrogen) atoms. The van der Waals surface area contributed by atoms with Crippen molar-refractivity contribution >= 4 is 17.4 Å². The molecule has 3 aromatic carbocycles. The van der Waals surface area contributed by atoms with Gasteiger partial charge in [0.25, 0.3) is 0 Å². The minimum atomic E-state index is -4.75. The standard InChI is InChI=1S/C32H31F3N6O2S/c1-4-24-7-5-6-8-28(24)41-22(3)19-44-31(41)38-30(42)36-18-21(2)17-23-9-11-25(12-10-23)29-37-20-40(39-29)26-13-15-27(16-14-26)43-32(33,34)35/h5-16,19-21H,4,17-18H2,1-3H3,(H,36,42)/b38-31-. The lowest BCUT2D eigenvalue weighted by Crippen LogP contribution is -2.29. The van der Waals surface area contributed by atoms with Gasteiger partial charge in [-0.1, -0.05) is 56.3 Å². The number of carbonyl (C=O) groups excluding carboxylic acids is 1. The van der Waals surface area contributed by atoms with Crippen molar-refractivity contribution in [1.82, 2.24) is 24.6 Å². The summed E-state index contributed by atoms with van der Waals surface area (Å²) in [5.74, 6) is 0.344. The minimum Gasteiger partial charge on any atom is -0.406 e. The number of carbonyl (C=O) groups is 1. The van der Waals surface area contributed by atoms with Crippen molar-refractivity contribution in [2.75, 3.05) is 6.54 Å². The van der Waals surface area contributed by atoms with Crippen LogP contribution < -0.4 is 14.9 Å². The van der Waals surface area contributed by atoms with E-state index in [1.54, 1.807) is 0 Å². The van der Waals surface area contributed by atoms with E-state index < -0.39 is 6.36 Å². The third kappa shape index (κ3) is 7.62. The van der Waals surface area contributed by atoms with E-state index in [0.717, 1.165) is 35.3 Å². The maximum absolute atomic E-state index is 12.7. The van der Waals surface area contributed by atoms with Gasteiger partial charge < -0.3 is 10.1 Å². The molecule has 0 aliphatic heterocycles. The molecule has 12 heteroatoms. The first-order chi connectivity index (χ1) is 21.1. The topological polar surface area (TPSA) is 86.3 Å². The number of benzene rings is 3. The number of ether oxygens (including phenoxy) is 1. The lowest BCUT2D eigenvalue weighted by atomic mass is 10.00. The predicted octanol–water partition coefficient (Wildman–Crippen LogP) is 7.05. The van der Waals surface area contributed by atoms with Crippen molar-refractivity contribution in [3.05, 3.63) is 106 Å². The first-order valence-corrected chi connectivity index (χ1v) is 14.9. The molecular formula is C32H31F3N6O2S. The number of aryl methyl sites for hydroxylation is 2. The maximum atomic E-state index is 12.7. The molecule has 0 spiro atoms. The fraction of sp³-hybridized carbons (Fsp3) is 0.250. The number of nitrogens with zero attached hydrogens (tertiary/aromatic N) is 5. The molecule has 0 bridgehead atoms. The highest BCUT2D eigenvalue weighted by molar-refractivity contribution is 7.07. The molecule has 2 heterocycles. The highest BCUT2D eigenvalue weighted by atomic mass is 32.1. The van der Waals surface area contributed by atoms with Gasteiger partial charge in [-0.05, 0) is 67.1 Å². The van der Waals surface area contributed by atoms with Gasteiger partial charge in [0.2, 0.25) is 0 Å². The number of hydrogen-bond acceptors (Lipinski definition) is 5. The number of halogens is 3. The number of rotatable bonds is 9. The highest BCUT2D eigenvalue weighted by Gasteiger charge is 2.31. The quantitative estimate of drug-likeness (QED) is 0.192. The van der Waals surface area contributed by atoms with Crippen molar-refractivity contribution in [3.8, 4) is 28.5 Å². The Morgan fingerprint density at radius 2 is 1.80 bits per heavy atom. The van der Waals surface area contributed by atoms with E-state index in [-0.39, 0.29) is 17.7 Å². The fourth-order valence-corrected chi connectivity index (χ4v) is 5.63. The van der Waals surface area contributed by atoms with E-state index in [4.69, 9.17) is 0 Å². The van der Waals surface area contributed by atoms with Crippen LogP contribution in [0.15, 0.2) is 89.5 Å². The van der Waals surface area contributed by atoms with E-state index >= 15 is 0 Å². The number of hydrogen-bond donors (Lipinski definition) is 1. The van der Waals surface area contributed by atoms with E-state index in [9.17, 15) is 18.0 Å². The van der Waals surface area contributed by atoms with Crippen LogP contribution in [0.25, 0.3) is 22.8 Å². The zero-order valence-corrected chi connectivity index (χ0v) is 25.2. The summed E-state index contributed by atoms with van der Waals surface area (Å²) in [6.45, 7) is 6.65. The molecule has 0 aliphatic carbocycles. The Morgan fingerprint density at radius 1 is 1.07 bits per heavy atom. The van der Waals surface area contributed by atoms with Crippen molar-refractivity contribution < 1.29 is 22.7 Å². The summed E-state index contributed by atoms with van der Waals surface area (Å²) in [6, 6.07) is 21.0. The molecule has 0 fully saturated rings. The summed E-state index contributed by atoms with van der Waals surface area (Å²) in [5.41, 5.74) is 5.69. The zero-order chi connectivity index (χ0) is 31.3. The molecule has 2 amide bonds. The molecule has 228 valence electrons. The third-order valence-electron chi connectivity index (χ3n) is 6.91. The molecule has 0 radical (unpaired) electrons. The van der Waals surface area contributed by atoms with Crippen molar-refractivity contribution in [2.24, 2.45) is 10.9 Å².